The molecule has 0 N–H and O–H groups in total. The largest absolute Gasteiger partial charge is 0.157 e. The molecule has 0 bridgehead atoms. The summed E-state index contributed by atoms with van der Waals surface area (Å²) in [6, 6.07) is 7.68. The quantitative estimate of drug-likeness (QED) is 0.688. The number of nitrogens with zero attached hydrogens (tertiary/aromatic N) is 6. The van der Waals surface area contributed by atoms with Crippen molar-refractivity contribution in [2.75, 3.05) is 0 Å². The molecule has 0 fully saturated rings. The van der Waals surface area contributed by atoms with Gasteiger partial charge in [-0.15, -0.1) is 0 Å². The van der Waals surface area contributed by atoms with Gasteiger partial charge in [0.25, 0.3) is 0 Å². The standard InChI is InChI=1S/C10H8N6.C2H6/c1-2-9(15-11-4-5-12-15)8-10(3-1)16-13-6-7-14-16;1-2/h1-8H;1-2H3. The molecule has 0 amide bonds. The van der Waals surface area contributed by atoms with Crippen molar-refractivity contribution >= 4 is 0 Å². The number of aromatic nitrogens is 6. The van der Waals surface area contributed by atoms with E-state index in [0.717, 1.165) is 11.4 Å². The summed E-state index contributed by atoms with van der Waals surface area (Å²) in [5, 5.41) is 16.3. The lowest BCUT2D eigenvalue weighted by molar-refractivity contribution is 0.732. The molecule has 92 valence electrons. The van der Waals surface area contributed by atoms with E-state index in [1.54, 1.807) is 34.4 Å². The Hall–Kier alpha value is -2.50. The number of benzene rings is 1. The topological polar surface area (TPSA) is 61.4 Å². The van der Waals surface area contributed by atoms with Gasteiger partial charge in [0.15, 0.2) is 0 Å². The van der Waals surface area contributed by atoms with E-state index in [4.69, 9.17) is 0 Å². The van der Waals surface area contributed by atoms with E-state index in [0.29, 0.717) is 0 Å². The molecule has 0 aliphatic carbocycles. The van der Waals surface area contributed by atoms with Gasteiger partial charge in [-0.3, -0.25) is 0 Å². The molecule has 0 spiro atoms. The minimum Gasteiger partial charge on any atom is -0.157 e. The monoisotopic (exact) mass is 242 g/mol. The smallest absolute Gasteiger partial charge is 0.0878 e. The van der Waals surface area contributed by atoms with Crippen LogP contribution in [0.15, 0.2) is 49.1 Å². The second-order valence-corrected chi connectivity index (χ2v) is 3.16. The van der Waals surface area contributed by atoms with Crippen LogP contribution in [0.25, 0.3) is 11.4 Å². The zero-order valence-corrected chi connectivity index (χ0v) is 10.3. The van der Waals surface area contributed by atoms with Gasteiger partial charge in [-0.25, -0.2) is 0 Å². The maximum atomic E-state index is 4.06. The van der Waals surface area contributed by atoms with Gasteiger partial charge in [-0.1, -0.05) is 19.9 Å². The Morgan fingerprint density at radius 1 is 0.722 bits per heavy atom. The molecule has 0 aliphatic heterocycles. The molecule has 6 nitrogen and oxygen atoms in total. The SMILES string of the molecule is CC.c1cc(-n2nccn2)cc(-n2nccn2)c1. The van der Waals surface area contributed by atoms with Gasteiger partial charge in [0, 0.05) is 0 Å². The zero-order valence-electron chi connectivity index (χ0n) is 10.3. The first-order valence-corrected chi connectivity index (χ1v) is 5.77. The molecule has 0 atom stereocenters. The lowest BCUT2D eigenvalue weighted by Crippen LogP contribution is -2.02. The van der Waals surface area contributed by atoms with Crippen LogP contribution in [0.5, 0.6) is 0 Å². The van der Waals surface area contributed by atoms with Crippen LogP contribution in [-0.2, 0) is 0 Å². The summed E-state index contributed by atoms with van der Waals surface area (Å²) in [6.45, 7) is 4.00. The highest BCUT2D eigenvalue weighted by Gasteiger charge is 2.01. The normalized spacial score (nSPS) is 9.67. The van der Waals surface area contributed by atoms with Gasteiger partial charge < -0.3 is 0 Å². The fourth-order valence-corrected chi connectivity index (χ4v) is 1.44. The number of hydrogen-bond acceptors (Lipinski definition) is 4. The third kappa shape index (κ3) is 2.42. The Bertz CT molecular complexity index is 521. The molecular weight excluding hydrogens is 228 g/mol. The predicted molar refractivity (Wildman–Crippen MR) is 67.6 cm³/mol. The van der Waals surface area contributed by atoms with Crippen LogP contribution in [0.4, 0.5) is 0 Å². The summed E-state index contributed by atoms with van der Waals surface area (Å²) >= 11 is 0. The first-order chi connectivity index (χ1) is 8.93. The van der Waals surface area contributed by atoms with Crippen molar-refractivity contribution in [2.45, 2.75) is 13.8 Å². The Balaban J connectivity index is 0.000000574. The molecule has 0 saturated heterocycles. The van der Waals surface area contributed by atoms with Crippen molar-refractivity contribution in [2.24, 2.45) is 0 Å². The lowest BCUT2D eigenvalue weighted by Gasteiger charge is -2.02. The summed E-state index contributed by atoms with van der Waals surface area (Å²) < 4.78 is 0. The fourth-order valence-electron chi connectivity index (χ4n) is 1.44. The van der Waals surface area contributed by atoms with Crippen LogP contribution in [0.1, 0.15) is 13.8 Å². The van der Waals surface area contributed by atoms with Crippen LogP contribution >= 0.6 is 0 Å². The van der Waals surface area contributed by atoms with Crippen molar-refractivity contribution in [3.05, 3.63) is 49.1 Å². The molecule has 3 aromatic rings. The van der Waals surface area contributed by atoms with E-state index in [9.17, 15) is 0 Å². The maximum absolute atomic E-state index is 4.06. The van der Waals surface area contributed by atoms with E-state index in [2.05, 4.69) is 20.4 Å². The zero-order chi connectivity index (χ0) is 12.8. The molecule has 6 heteroatoms. The van der Waals surface area contributed by atoms with Crippen molar-refractivity contribution in [1.29, 1.82) is 0 Å². The number of hydrogen-bond donors (Lipinski definition) is 0. The fraction of sp³-hybridized carbons (Fsp3) is 0.167. The summed E-state index contributed by atoms with van der Waals surface area (Å²) in [6.07, 6.45) is 6.55. The minimum atomic E-state index is 0.875. The summed E-state index contributed by atoms with van der Waals surface area (Å²) in [5.74, 6) is 0. The van der Waals surface area contributed by atoms with Gasteiger partial charge in [-0.2, -0.15) is 30.0 Å². The molecule has 0 saturated carbocycles. The van der Waals surface area contributed by atoms with Crippen molar-refractivity contribution in [3.63, 3.8) is 0 Å². The average molecular weight is 242 g/mol. The average Bonchev–Trinajstić information content (AvgIpc) is 3.15. The second kappa shape index (κ2) is 5.72. The van der Waals surface area contributed by atoms with Gasteiger partial charge in [0.05, 0.1) is 36.2 Å². The molecular formula is C12H14N6. The lowest BCUT2D eigenvalue weighted by atomic mass is 10.3. The third-order valence-electron chi connectivity index (χ3n) is 2.13. The highest BCUT2D eigenvalue weighted by molar-refractivity contribution is 5.41. The Morgan fingerprint density at radius 3 is 1.50 bits per heavy atom. The predicted octanol–water partition coefficient (Wildman–Crippen LogP) is 1.87. The van der Waals surface area contributed by atoms with Crippen molar-refractivity contribution in [3.8, 4) is 11.4 Å². The van der Waals surface area contributed by atoms with Gasteiger partial charge in [0.2, 0.25) is 0 Å². The molecule has 2 aromatic heterocycles. The van der Waals surface area contributed by atoms with Crippen LogP contribution in [0, 0.1) is 0 Å². The van der Waals surface area contributed by atoms with Crippen LogP contribution in [0.2, 0.25) is 0 Å². The molecule has 0 unspecified atom stereocenters. The Kier molecular flexibility index (Phi) is 3.80. The molecule has 0 radical (unpaired) electrons. The highest BCUT2D eigenvalue weighted by atomic mass is 15.5. The van der Waals surface area contributed by atoms with Gasteiger partial charge in [0.1, 0.15) is 0 Å². The molecule has 0 aliphatic rings. The van der Waals surface area contributed by atoms with Crippen molar-refractivity contribution < 1.29 is 0 Å². The van der Waals surface area contributed by atoms with E-state index < -0.39 is 0 Å². The van der Waals surface area contributed by atoms with Crippen LogP contribution in [-0.4, -0.2) is 30.0 Å². The van der Waals surface area contributed by atoms with E-state index in [1.807, 2.05) is 38.1 Å². The Morgan fingerprint density at radius 2 is 1.11 bits per heavy atom. The Labute approximate surface area is 105 Å². The first kappa shape index (κ1) is 12.0. The summed E-state index contributed by atoms with van der Waals surface area (Å²) in [4.78, 5) is 3.10. The van der Waals surface area contributed by atoms with Crippen molar-refractivity contribution in [1.82, 2.24) is 30.0 Å². The number of rotatable bonds is 2. The van der Waals surface area contributed by atoms with Crippen LogP contribution in [0.3, 0.4) is 0 Å². The van der Waals surface area contributed by atoms with Crippen LogP contribution < -0.4 is 0 Å². The molecule has 2 heterocycles. The van der Waals surface area contributed by atoms with Gasteiger partial charge >= 0.3 is 0 Å². The van der Waals surface area contributed by atoms with Gasteiger partial charge in [-0.05, 0) is 18.2 Å². The summed E-state index contributed by atoms with van der Waals surface area (Å²) in [5.41, 5.74) is 1.75. The third-order valence-corrected chi connectivity index (χ3v) is 2.13. The molecule has 3 rings (SSSR count). The van der Waals surface area contributed by atoms with E-state index >= 15 is 0 Å². The van der Waals surface area contributed by atoms with E-state index in [1.165, 1.54) is 0 Å². The highest BCUT2D eigenvalue weighted by Crippen LogP contribution is 2.10. The van der Waals surface area contributed by atoms with E-state index in [-0.39, 0.29) is 0 Å². The first-order valence-electron chi connectivity index (χ1n) is 5.77. The maximum Gasteiger partial charge on any atom is 0.0878 e. The summed E-state index contributed by atoms with van der Waals surface area (Å²) in [7, 11) is 0. The second-order valence-electron chi connectivity index (χ2n) is 3.16. The molecule has 1 aromatic carbocycles. The minimum absolute atomic E-state index is 0.875. The molecule has 18 heavy (non-hydrogen) atoms.